The average molecular weight is 390 g/mol. The van der Waals surface area contributed by atoms with Gasteiger partial charge in [-0.05, 0) is 44.0 Å². The number of halogens is 1. The van der Waals surface area contributed by atoms with Gasteiger partial charge in [0.1, 0.15) is 5.82 Å². The van der Waals surface area contributed by atoms with Crippen molar-refractivity contribution >= 4 is 12.0 Å². The van der Waals surface area contributed by atoms with E-state index in [9.17, 15) is 14.0 Å². The number of carbonyl (C=O) groups is 2. The number of aromatic nitrogens is 2. The molecule has 28 heavy (non-hydrogen) atoms. The number of nitrogens with zero attached hydrogens (tertiary/aromatic N) is 3. The van der Waals surface area contributed by atoms with Gasteiger partial charge in [0.2, 0.25) is 17.6 Å². The van der Waals surface area contributed by atoms with Crippen LogP contribution in [0.2, 0.25) is 0 Å². The van der Waals surface area contributed by atoms with Crippen LogP contribution in [0.15, 0.2) is 28.8 Å². The van der Waals surface area contributed by atoms with E-state index in [-0.39, 0.29) is 30.3 Å². The van der Waals surface area contributed by atoms with E-state index in [0.717, 1.165) is 0 Å². The second-order valence-electron chi connectivity index (χ2n) is 6.55. The lowest BCUT2D eigenvalue weighted by molar-refractivity contribution is -0.122. The molecule has 3 rings (SSSR count). The molecule has 0 unspecified atom stereocenters. The third kappa shape index (κ3) is 5.28. The molecule has 0 aliphatic carbocycles. The third-order valence-electron chi connectivity index (χ3n) is 4.52. The zero-order valence-electron chi connectivity index (χ0n) is 15.7. The van der Waals surface area contributed by atoms with Gasteiger partial charge >= 0.3 is 6.09 Å². The summed E-state index contributed by atoms with van der Waals surface area (Å²) in [7, 11) is 0. The van der Waals surface area contributed by atoms with E-state index >= 15 is 0 Å². The van der Waals surface area contributed by atoms with Crippen molar-refractivity contribution in [3.8, 4) is 11.4 Å². The first-order valence-electron chi connectivity index (χ1n) is 9.34. The van der Waals surface area contributed by atoms with E-state index in [1.165, 1.54) is 12.1 Å². The van der Waals surface area contributed by atoms with Crippen molar-refractivity contribution in [3.63, 3.8) is 0 Å². The first kappa shape index (κ1) is 19.8. The summed E-state index contributed by atoms with van der Waals surface area (Å²) >= 11 is 0. The number of amides is 2. The second-order valence-corrected chi connectivity index (χ2v) is 6.55. The molecule has 1 aliphatic heterocycles. The smallest absolute Gasteiger partial charge is 0.409 e. The predicted molar refractivity (Wildman–Crippen MR) is 97.8 cm³/mol. The summed E-state index contributed by atoms with van der Waals surface area (Å²) in [4.78, 5) is 29.7. The average Bonchev–Trinajstić information content (AvgIpc) is 3.17. The van der Waals surface area contributed by atoms with Crippen LogP contribution >= 0.6 is 0 Å². The zero-order valence-corrected chi connectivity index (χ0v) is 15.7. The summed E-state index contributed by atoms with van der Waals surface area (Å²) < 4.78 is 23.1. The Balaban J connectivity index is 1.42. The topological polar surface area (TPSA) is 97.6 Å². The van der Waals surface area contributed by atoms with Gasteiger partial charge in [-0.2, -0.15) is 4.98 Å². The van der Waals surface area contributed by atoms with Crippen molar-refractivity contribution in [2.75, 3.05) is 19.7 Å². The van der Waals surface area contributed by atoms with Crippen LogP contribution in [-0.4, -0.2) is 52.8 Å². The number of rotatable bonds is 6. The van der Waals surface area contributed by atoms with Gasteiger partial charge in [-0.25, -0.2) is 9.18 Å². The van der Waals surface area contributed by atoms with Crippen LogP contribution in [0.25, 0.3) is 11.4 Å². The van der Waals surface area contributed by atoms with Crippen LogP contribution in [0.1, 0.15) is 32.1 Å². The molecular formula is C19H23FN4O4. The summed E-state index contributed by atoms with van der Waals surface area (Å²) in [5.41, 5.74) is 0.647. The number of nitrogens with one attached hydrogen (secondary N) is 1. The molecule has 2 heterocycles. The van der Waals surface area contributed by atoms with Crippen molar-refractivity contribution < 1.29 is 23.2 Å². The van der Waals surface area contributed by atoms with E-state index in [4.69, 9.17) is 9.26 Å². The van der Waals surface area contributed by atoms with Gasteiger partial charge in [0.05, 0.1) is 6.61 Å². The number of benzene rings is 1. The van der Waals surface area contributed by atoms with Crippen LogP contribution in [-0.2, 0) is 16.0 Å². The van der Waals surface area contributed by atoms with Crippen LogP contribution < -0.4 is 5.32 Å². The predicted octanol–water partition coefficient (Wildman–Crippen LogP) is 2.55. The summed E-state index contributed by atoms with van der Waals surface area (Å²) in [6.45, 7) is 3.26. The highest BCUT2D eigenvalue weighted by molar-refractivity contribution is 5.76. The highest BCUT2D eigenvalue weighted by Gasteiger charge is 2.24. The van der Waals surface area contributed by atoms with E-state index in [1.54, 1.807) is 24.0 Å². The minimum absolute atomic E-state index is 0.0376. The highest BCUT2D eigenvalue weighted by atomic mass is 19.1. The van der Waals surface area contributed by atoms with Gasteiger partial charge in [0.25, 0.3) is 0 Å². The first-order chi connectivity index (χ1) is 13.5. The van der Waals surface area contributed by atoms with E-state index in [1.807, 2.05) is 0 Å². The minimum atomic E-state index is -0.336. The standard InChI is InChI=1S/C19H23FN4O4/c1-2-27-19(26)24-11-9-15(10-12-24)21-16(25)7-8-17-22-18(23-28-17)13-3-5-14(20)6-4-13/h3-6,15H,2,7-12H2,1H3,(H,21,25). The number of likely N-dealkylation sites (tertiary alicyclic amines) is 1. The Bertz CT molecular complexity index is 801. The van der Waals surface area contributed by atoms with Crippen molar-refractivity contribution in [1.29, 1.82) is 0 Å². The van der Waals surface area contributed by atoms with Crippen LogP contribution in [0, 0.1) is 5.82 Å². The molecule has 2 aromatic rings. The molecule has 0 bridgehead atoms. The number of piperidine rings is 1. The molecule has 1 aromatic carbocycles. The SMILES string of the molecule is CCOC(=O)N1CCC(NC(=O)CCc2nc(-c3ccc(F)cc3)no2)CC1. The quantitative estimate of drug-likeness (QED) is 0.814. The summed E-state index contributed by atoms with van der Waals surface area (Å²) in [6, 6.07) is 5.83. The Morgan fingerprint density at radius 2 is 2.00 bits per heavy atom. The molecule has 0 atom stereocenters. The normalized spacial score (nSPS) is 14.7. The molecule has 1 N–H and O–H groups in total. The molecule has 1 fully saturated rings. The molecule has 1 aromatic heterocycles. The number of ether oxygens (including phenoxy) is 1. The molecule has 9 heteroatoms. The van der Waals surface area contributed by atoms with E-state index < -0.39 is 0 Å². The molecule has 0 spiro atoms. The van der Waals surface area contributed by atoms with Gasteiger partial charge in [-0.1, -0.05) is 5.16 Å². The first-order valence-corrected chi connectivity index (χ1v) is 9.34. The third-order valence-corrected chi connectivity index (χ3v) is 4.52. The summed E-state index contributed by atoms with van der Waals surface area (Å²) in [5, 5.41) is 6.84. The second kappa shape index (κ2) is 9.29. The highest BCUT2D eigenvalue weighted by Crippen LogP contribution is 2.17. The van der Waals surface area contributed by atoms with Gasteiger partial charge in [0, 0.05) is 37.5 Å². The molecule has 0 saturated carbocycles. The molecule has 2 amide bonds. The Morgan fingerprint density at radius 1 is 1.29 bits per heavy atom. The monoisotopic (exact) mass is 390 g/mol. The Morgan fingerprint density at radius 3 is 2.68 bits per heavy atom. The van der Waals surface area contributed by atoms with Crippen molar-refractivity contribution in [2.45, 2.75) is 38.6 Å². The lowest BCUT2D eigenvalue weighted by atomic mass is 10.1. The maximum absolute atomic E-state index is 13.0. The fraction of sp³-hybridized carbons (Fsp3) is 0.474. The molecule has 150 valence electrons. The molecule has 8 nitrogen and oxygen atoms in total. The molecule has 1 aliphatic rings. The maximum Gasteiger partial charge on any atom is 0.409 e. The molecule has 1 saturated heterocycles. The molecule has 0 radical (unpaired) electrons. The Hall–Kier alpha value is -2.97. The fourth-order valence-electron chi connectivity index (χ4n) is 3.01. The lowest BCUT2D eigenvalue weighted by Crippen LogP contribution is -2.46. The van der Waals surface area contributed by atoms with Gasteiger partial charge in [-0.3, -0.25) is 4.79 Å². The summed E-state index contributed by atoms with van der Waals surface area (Å²) in [6.07, 6.45) is 1.63. The lowest BCUT2D eigenvalue weighted by Gasteiger charge is -2.31. The van der Waals surface area contributed by atoms with E-state index in [0.29, 0.717) is 56.2 Å². The van der Waals surface area contributed by atoms with Crippen LogP contribution in [0.5, 0.6) is 0 Å². The van der Waals surface area contributed by atoms with Crippen molar-refractivity contribution in [2.24, 2.45) is 0 Å². The number of hydrogen-bond acceptors (Lipinski definition) is 6. The Kier molecular flexibility index (Phi) is 6.57. The fourth-order valence-corrected chi connectivity index (χ4v) is 3.01. The van der Waals surface area contributed by atoms with Gasteiger partial charge < -0.3 is 19.5 Å². The largest absolute Gasteiger partial charge is 0.450 e. The number of aryl methyl sites for hydroxylation is 1. The minimum Gasteiger partial charge on any atom is -0.450 e. The van der Waals surface area contributed by atoms with Gasteiger partial charge in [0.15, 0.2) is 0 Å². The number of carbonyl (C=O) groups excluding carboxylic acids is 2. The maximum atomic E-state index is 13.0. The summed E-state index contributed by atoms with van der Waals surface area (Å²) in [5.74, 6) is 0.279. The van der Waals surface area contributed by atoms with Gasteiger partial charge in [-0.15, -0.1) is 0 Å². The van der Waals surface area contributed by atoms with Crippen molar-refractivity contribution in [3.05, 3.63) is 36.0 Å². The Labute approximate surface area is 162 Å². The van der Waals surface area contributed by atoms with Crippen molar-refractivity contribution in [1.82, 2.24) is 20.4 Å². The zero-order chi connectivity index (χ0) is 19.9. The van der Waals surface area contributed by atoms with Crippen LogP contribution in [0.3, 0.4) is 0 Å². The molecular weight excluding hydrogens is 367 g/mol. The van der Waals surface area contributed by atoms with E-state index in [2.05, 4.69) is 15.5 Å². The number of hydrogen-bond donors (Lipinski definition) is 1. The van der Waals surface area contributed by atoms with Crippen LogP contribution in [0.4, 0.5) is 9.18 Å².